The van der Waals surface area contributed by atoms with E-state index in [-0.39, 0.29) is 0 Å². The number of aryl methyl sites for hydroxylation is 2. The fourth-order valence-electron chi connectivity index (χ4n) is 3.33. The van der Waals surface area contributed by atoms with Crippen LogP contribution in [0.1, 0.15) is 67.1 Å². The number of fused-ring (bicyclic) bond motifs is 1. The fraction of sp³-hybridized carbons (Fsp3) is 0.233. The van der Waals surface area contributed by atoms with Crippen molar-refractivity contribution in [1.29, 1.82) is 0 Å². The first kappa shape index (κ1) is 29.7. The molecular formula is C30H37N5O. The lowest BCUT2D eigenvalue weighted by Crippen LogP contribution is -2.13. The molecule has 188 valence electrons. The van der Waals surface area contributed by atoms with Crippen molar-refractivity contribution in [3.05, 3.63) is 82.8 Å². The molecule has 4 N–H and O–H groups in total. The van der Waals surface area contributed by atoms with Gasteiger partial charge in [0.15, 0.2) is 0 Å². The zero-order valence-corrected chi connectivity index (χ0v) is 22.1. The van der Waals surface area contributed by atoms with E-state index in [9.17, 15) is 4.79 Å². The Morgan fingerprint density at radius 1 is 1.03 bits per heavy atom. The molecule has 0 atom stereocenters. The van der Waals surface area contributed by atoms with Gasteiger partial charge in [0.05, 0.1) is 28.2 Å². The number of nitrogens with two attached hydrogens (primary N) is 1. The van der Waals surface area contributed by atoms with E-state index >= 15 is 0 Å². The number of para-hydroxylation sites is 1. The van der Waals surface area contributed by atoms with E-state index in [4.69, 9.17) is 5.73 Å². The van der Waals surface area contributed by atoms with Crippen LogP contribution >= 0.6 is 0 Å². The normalized spacial score (nSPS) is 9.78. The second kappa shape index (κ2) is 15.5. The number of nitrogens with one attached hydrogen (secondary N) is 2. The van der Waals surface area contributed by atoms with E-state index in [2.05, 4.69) is 54.1 Å². The van der Waals surface area contributed by atoms with Gasteiger partial charge >= 0.3 is 0 Å². The Morgan fingerprint density at radius 3 is 2.33 bits per heavy atom. The molecule has 1 amide bonds. The van der Waals surface area contributed by atoms with Crippen molar-refractivity contribution in [1.82, 2.24) is 15.2 Å². The summed E-state index contributed by atoms with van der Waals surface area (Å²) >= 11 is 0. The van der Waals surface area contributed by atoms with Crippen molar-refractivity contribution in [2.45, 2.75) is 48.0 Å². The zero-order chi connectivity index (χ0) is 27.1. The molecule has 0 aliphatic rings. The lowest BCUT2D eigenvalue weighted by Gasteiger charge is -2.10. The van der Waals surface area contributed by atoms with E-state index in [0.717, 1.165) is 33.7 Å². The van der Waals surface area contributed by atoms with Crippen LogP contribution in [0.2, 0.25) is 0 Å². The lowest BCUT2D eigenvalue weighted by molar-refractivity contribution is 0.100. The first-order valence-corrected chi connectivity index (χ1v) is 12.0. The maximum absolute atomic E-state index is 11.6. The van der Waals surface area contributed by atoms with Crippen molar-refractivity contribution in [3.8, 4) is 12.8 Å². The molecule has 0 bridgehead atoms. The van der Waals surface area contributed by atoms with Crippen LogP contribution in [0.3, 0.4) is 0 Å². The van der Waals surface area contributed by atoms with Crippen LogP contribution < -0.4 is 11.1 Å². The molecule has 0 aliphatic heterocycles. The highest BCUT2D eigenvalue weighted by molar-refractivity contribution is 5.99. The number of anilines is 2. The molecule has 0 fully saturated rings. The predicted octanol–water partition coefficient (Wildman–Crippen LogP) is 7.28. The van der Waals surface area contributed by atoms with Gasteiger partial charge in [-0.15, -0.1) is 12.8 Å². The average Bonchev–Trinajstić information content (AvgIpc) is 3.27. The summed E-state index contributed by atoms with van der Waals surface area (Å²) in [5.74, 6) is -0.469. The van der Waals surface area contributed by atoms with Crippen LogP contribution in [-0.2, 0) is 0 Å². The van der Waals surface area contributed by atoms with Gasteiger partial charge < -0.3 is 11.1 Å². The molecule has 0 spiro atoms. The molecule has 36 heavy (non-hydrogen) atoms. The summed E-state index contributed by atoms with van der Waals surface area (Å²) in [5, 5.41) is 11.7. The Bertz CT molecular complexity index is 1280. The van der Waals surface area contributed by atoms with E-state index in [1.807, 2.05) is 75.4 Å². The number of hydrogen-bond acceptors (Lipinski definition) is 4. The fourth-order valence-corrected chi connectivity index (χ4v) is 3.33. The number of terminal acetylenes is 1. The Labute approximate surface area is 215 Å². The number of amides is 1. The number of benzene rings is 2. The van der Waals surface area contributed by atoms with Gasteiger partial charge in [0.25, 0.3) is 5.91 Å². The molecular weight excluding hydrogens is 446 g/mol. The van der Waals surface area contributed by atoms with E-state index in [0.29, 0.717) is 11.3 Å². The highest BCUT2D eigenvalue weighted by atomic mass is 16.1. The van der Waals surface area contributed by atoms with Crippen molar-refractivity contribution in [2.24, 2.45) is 5.73 Å². The molecule has 0 saturated heterocycles. The monoisotopic (exact) mass is 483 g/mol. The molecule has 2 heterocycles. The Kier molecular flexibility index (Phi) is 12.8. The predicted molar refractivity (Wildman–Crippen MR) is 154 cm³/mol. The van der Waals surface area contributed by atoms with E-state index in [1.54, 1.807) is 12.1 Å². The van der Waals surface area contributed by atoms with Gasteiger partial charge in [-0.1, -0.05) is 46.2 Å². The number of pyridine rings is 1. The second-order valence-electron chi connectivity index (χ2n) is 7.66. The third-order valence-corrected chi connectivity index (χ3v) is 4.59. The molecule has 0 aliphatic carbocycles. The molecule has 0 unspecified atom stereocenters. The standard InChI is InChI=1S/C23H21N5O.C3H8.C2H6.C2H2/c1-14-11-15(2)25-16(12-14)8-10-21-18-9-7-17(13-22(18)28-27-21)26-20-6-4-3-5-19(20)23(24)29;1-3-2;2*1-2/h3-13,26H,1-2H3,(H2,24,29)(H,27,28);3H2,1-2H3;1-2H3;1-2H/b10-8+;;;. The lowest BCUT2D eigenvalue weighted by atomic mass is 10.1. The van der Waals surface area contributed by atoms with Crippen LogP contribution in [0.15, 0.2) is 54.6 Å². The maximum Gasteiger partial charge on any atom is 0.250 e. The van der Waals surface area contributed by atoms with Gasteiger partial charge in [-0.25, -0.2) is 0 Å². The van der Waals surface area contributed by atoms with Gasteiger partial charge in [0, 0.05) is 16.8 Å². The Balaban J connectivity index is 0.000000844. The number of primary amides is 1. The minimum atomic E-state index is -0.469. The number of H-pyrrole nitrogens is 1. The molecule has 2 aromatic heterocycles. The van der Waals surface area contributed by atoms with E-state index < -0.39 is 5.91 Å². The van der Waals surface area contributed by atoms with Gasteiger partial charge in [0.1, 0.15) is 0 Å². The largest absolute Gasteiger partial charge is 0.366 e. The van der Waals surface area contributed by atoms with Gasteiger partial charge in [-0.2, -0.15) is 5.10 Å². The zero-order valence-electron chi connectivity index (χ0n) is 22.1. The highest BCUT2D eigenvalue weighted by Crippen LogP contribution is 2.25. The SMILES string of the molecule is C#C.CC.CCC.Cc1cc(C)nc(/C=C/c2n[nH]c3cc(Nc4ccccc4C(N)=O)ccc23)c1. The number of rotatable bonds is 5. The first-order valence-electron chi connectivity index (χ1n) is 12.0. The van der Waals surface area contributed by atoms with E-state index in [1.165, 1.54) is 12.0 Å². The quantitative estimate of drug-likeness (QED) is 0.260. The second-order valence-corrected chi connectivity index (χ2v) is 7.66. The number of aromatic nitrogens is 3. The molecule has 2 aromatic carbocycles. The topological polar surface area (TPSA) is 96.7 Å². The minimum Gasteiger partial charge on any atom is -0.366 e. The summed E-state index contributed by atoms with van der Waals surface area (Å²) < 4.78 is 0. The van der Waals surface area contributed by atoms with Crippen molar-refractivity contribution in [3.63, 3.8) is 0 Å². The number of nitrogens with zero attached hydrogens (tertiary/aromatic N) is 2. The van der Waals surface area contributed by atoms with Crippen LogP contribution in [0.5, 0.6) is 0 Å². The van der Waals surface area contributed by atoms with Crippen LogP contribution in [0.4, 0.5) is 11.4 Å². The summed E-state index contributed by atoms with van der Waals surface area (Å²) in [6, 6.07) is 17.1. The van der Waals surface area contributed by atoms with Crippen LogP contribution in [-0.4, -0.2) is 21.1 Å². The number of carbonyl (C=O) groups is 1. The smallest absolute Gasteiger partial charge is 0.250 e. The van der Waals surface area contributed by atoms with Crippen LogP contribution in [0.25, 0.3) is 23.1 Å². The maximum atomic E-state index is 11.6. The summed E-state index contributed by atoms with van der Waals surface area (Å²) in [6.07, 6.45) is 13.2. The summed E-state index contributed by atoms with van der Waals surface area (Å²) in [4.78, 5) is 16.1. The molecule has 4 aromatic rings. The third-order valence-electron chi connectivity index (χ3n) is 4.59. The van der Waals surface area contributed by atoms with Crippen molar-refractivity contribution < 1.29 is 4.79 Å². The van der Waals surface area contributed by atoms with Gasteiger partial charge in [0.2, 0.25) is 0 Å². The number of hydrogen-bond donors (Lipinski definition) is 3. The Hall–Kier alpha value is -4.37. The highest BCUT2D eigenvalue weighted by Gasteiger charge is 2.09. The molecule has 6 nitrogen and oxygen atoms in total. The molecule has 6 heteroatoms. The summed E-state index contributed by atoms with van der Waals surface area (Å²) in [5.41, 5.74) is 12.2. The molecule has 4 rings (SSSR count). The molecule has 0 radical (unpaired) electrons. The minimum absolute atomic E-state index is 0.446. The summed E-state index contributed by atoms with van der Waals surface area (Å²) in [7, 11) is 0. The Morgan fingerprint density at radius 2 is 1.69 bits per heavy atom. The molecule has 0 saturated carbocycles. The average molecular weight is 484 g/mol. The van der Waals surface area contributed by atoms with Crippen LogP contribution in [0, 0.1) is 26.7 Å². The van der Waals surface area contributed by atoms with Gasteiger partial charge in [-0.05, 0) is 74.0 Å². The van der Waals surface area contributed by atoms with Gasteiger partial charge in [-0.3, -0.25) is 14.9 Å². The first-order chi connectivity index (χ1) is 17.4. The van der Waals surface area contributed by atoms with Crippen molar-refractivity contribution in [2.75, 3.05) is 5.32 Å². The third kappa shape index (κ3) is 8.44. The number of carbonyl (C=O) groups excluding carboxylic acids is 1. The number of aromatic amines is 1. The summed E-state index contributed by atoms with van der Waals surface area (Å²) in [6.45, 7) is 12.3. The van der Waals surface area contributed by atoms with Crippen molar-refractivity contribution >= 4 is 40.3 Å².